The van der Waals surface area contributed by atoms with Crippen molar-refractivity contribution in [1.29, 1.82) is 0 Å². The fourth-order valence-electron chi connectivity index (χ4n) is 1.42. The molecule has 0 aliphatic rings. The molecule has 2 aromatic heterocycles. The Morgan fingerprint density at radius 3 is 2.40 bits per heavy atom. The maximum absolute atomic E-state index is 11.9. The molecule has 2 aromatic rings. The van der Waals surface area contributed by atoms with Gasteiger partial charge in [0.2, 0.25) is 23.3 Å². The van der Waals surface area contributed by atoms with E-state index in [0.29, 0.717) is 0 Å². The van der Waals surface area contributed by atoms with Crippen LogP contribution in [0.2, 0.25) is 0 Å². The summed E-state index contributed by atoms with van der Waals surface area (Å²) in [5, 5.41) is 2.44. The smallest absolute Gasteiger partial charge is 0.274 e. The summed E-state index contributed by atoms with van der Waals surface area (Å²) in [7, 11) is 2.87. The van der Waals surface area contributed by atoms with E-state index in [4.69, 9.17) is 9.47 Å². The van der Waals surface area contributed by atoms with Crippen LogP contribution in [0.4, 0.5) is 5.95 Å². The van der Waals surface area contributed by atoms with Crippen molar-refractivity contribution in [3.05, 3.63) is 40.3 Å². The van der Waals surface area contributed by atoms with Gasteiger partial charge in [-0.05, 0) is 6.07 Å². The Morgan fingerprint density at radius 1 is 1.20 bits per heavy atom. The van der Waals surface area contributed by atoms with Crippen molar-refractivity contribution in [2.24, 2.45) is 0 Å². The molecule has 0 atom stereocenters. The van der Waals surface area contributed by atoms with Gasteiger partial charge in [-0.15, -0.1) is 0 Å². The minimum Gasteiger partial charge on any atom is -0.481 e. The zero-order chi connectivity index (χ0) is 14.5. The maximum Gasteiger partial charge on any atom is 0.274 e. The van der Waals surface area contributed by atoms with Crippen LogP contribution in [-0.4, -0.2) is 35.1 Å². The summed E-state index contributed by atoms with van der Waals surface area (Å²) in [5.41, 5.74) is -0.273. The molecule has 104 valence electrons. The highest BCUT2D eigenvalue weighted by Crippen LogP contribution is 2.17. The van der Waals surface area contributed by atoms with Crippen LogP contribution in [0.3, 0.4) is 0 Å². The summed E-state index contributed by atoms with van der Waals surface area (Å²) in [6, 6.07) is 5.72. The van der Waals surface area contributed by atoms with Crippen LogP contribution in [0.1, 0.15) is 10.5 Å². The maximum atomic E-state index is 11.9. The number of nitrogens with zero attached hydrogens (tertiary/aromatic N) is 2. The SMILES string of the molecule is COc1cc(OC)nc(NC(=O)c2cccc(=O)[nH]2)n1. The van der Waals surface area contributed by atoms with Crippen molar-refractivity contribution in [2.75, 3.05) is 19.5 Å². The number of amides is 1. The molecule has 0 bridgehead atoms. The van der Waals surface area contributed by atoms with Gasteiger partial charge in [-0.1, -0.05) is 6.07 Å². The number of nitrogens with one attached hydrogen (secondary N) is 2. The van der Waals surface area contributed by atoms with E-state index in [2.05, 4.69) is 20.3 Å². The second-order valence-electron chi connectivity index (χ2n) is 3.66. The second kappa shape index (κ2) is 5.83. The van der Waals surface area contributed by atoms with Crippen molar-refractivity contribution in [3.63, 3.8) is 0 Å². The average Bonchev–Trinajstić information content (AvgIpc) is 2.46. The molecule has 0 aromatic carbocycles. The Balaban J connectivity index is 2.25. The van der Waals surface area contributed by atoms with E-state index in [9.17, 15) is 9.59 Å². The first-order valence-corrected chi connectivity index (χ1v) is 5.60. The number of hydrogen-bond acceptors (Lipinski definition) is 6. The fraction of sp³-hybridized carbons (Fsp3) is 0.167. The number of carbonyl (C=O) groups excluding carboxylic acids is 1. The van der Waals surface area contributed by atoms with Crippen molar-refractivity contribution in [1.82, 2.24) is 15.0 Å². The van der Waals surface area contributed by atoms with Gasteiger partial charge in [0.1, 0.15) is 5.69 Å². The van der Waals surface area contributed by atoms with Crippen LogP contribution < -0.4 is 20.3 Å². The number of aromatic amines is 1. The van der Waals surface area contributed by atoms with Crippen molar-refractivity contribution >= 4 is 11.9 Å². The Kier molecular flexibility index (Phi) is 3.94. The molecule has 0 fully saturated rings. The molecule has 20 heavy (non-hydrogen) atoms. The topological polar surface area (TPSA) is 106 Å². The predicted molar refractivity (Wildman–Crippen MR) is 70.2 cm³/mol. The lowest BCUT2D eigenvalue weighted by molar-refractivity contribution is 0.102. The molecular formula is C12H12N4O4. The molecule has 2 N–H and O–H groups in total. The quantitative estimate of drug-likeness (QED) is 0.839. The molecule has 0 unspecified atom stereocenters. The first-order chi connectivity index (χ1) is 9.62. The lowest BCUT2D eigenvalue weighted by atomic mass is 10.3. The number of ether oxygens (including phenoxy) is 2. The van der Waals surface area contributed by atoms with E-state index < -0.39 is 5.91 Å². The normalized spacial score (nSPS) is 9.90. The van der Waals surface area contributed by atoms with Gasteiger partial charge in [-0.25, -0.2) is 0 Å². The molecule has 1 amide bonds. The van der Waals surface area contributed by atoms with Crippen LogP contribution in [0, 0.1) is 0 Å². The zero-order valence-electron chi connectivity index (χ0n) is 10.8. The van der Waals surface area contributed by atoms with E-state index in [0.717, 1.165) is 0 Å². The number of rotatable bonds is 4. The molecule has 8 nitrogen and oxygen atoms in total. The molecule has 0 spiro atoms. The molecule has 0 saturated heterocycles. The van der Waals surface area contributed by atoms with Gasteiger partial charge in [-0.2, -0.15) is 9.97 Å². The molecule has 2 rings (SSSR count). The summed E-state index contributed by atoms with van der Waals surface area (Å²) >= 11 is 0. The van der Waals surface area contributed by atoms with Gasteiger partial charge >= 0.3 is 0 Å². The van der Waals surface area contributed by atoms with Gasteiger partial charge in [0.15, 0.2) is 0 Å². The van der Waals surface area contributed by atoms with Crippen LogP contribution in [0.25, 0.3) is 0 Å². The van der Waals surface area contributed by atoms with E-state index >= 15 is 0 Å². The number of hydrogen-bond donors (Lipinski definition) is 2. The third-order valence-corrected chi connectivity index (χ3v) is 2.34. The number of anilines is 1. The first kappa shape index (κ1) is 13.5. The number of pyridine rings is 1. The van der Waals surface area contributed by atoms with Gasteiger partial charge in [0.05, 0.1) is 20.3 Å². The second-order valence-corrected chi connectivity index (χ2v) is 3.66. The van der Waals surface area contributed by atoms with Gasteiger partial charge in [-0.3, -0.25) is 14.9 Å². The summed E-state index contributed by atoms with van der Waals surface area (Å²) < 4.78 is 9.93. The van der Waals surface area contributed by atoms with Crippen molar-refractivity contribution in [2.45, 2.75) is 0 Å². The molecule has 0 saturated carbocycles. The van der Waals surface area contributed by atoms with Gasteiger partial charge in [0.25, 0.3) is 5.91 Å². The number of carbonyl (C=O) groups is 1. The Bertz CT molecular complexity index is 661. The van der Waals surface area contributed by atoms with Crippen molar-refractivity contribution < 1.29 is 14.3 Å². The predicted octanol–water partition coefficient (Wildman–Crippen LogP) is 0.434. The van der Waals surface area contributed by atoms with E-state index in [1.807, 2.05) is 0 Å². The van der Waals surface area contributed by atoms with Crippen LogP contribution in [-0.2, 0) is 0 Å². The number of H-pyrrole nitrogens is 1. The van der Waals surface area contributed by atoms with Gasteiger partial charge in [0, 0.05) is 6.07 Å². The minimum atomic E-state index is -0.544. The largest absolute Gasteiger partial charge is 0.481 e. The summed E-state index contributed by atoms with van der Waals surface area (Å²) in [6.45, 7) is 0. The highest BCUT2D eigenvalue weighted by Gasteiger charge is 2.11. The summed E-state index contributed by atoms with van der Waals surface area (Å²) in [6.07, 6.45) is 0. The Hall–Kier alpha value is -2.90. The monoisotopic (exact) mass is 276 g/mol. The molecular weight excluding hydrogens is 264 g/mol. The summed E-state index contributed by atoms with van der Waals surface area (Å²) in [4.78, 5) is 33.4. The number of methoxy groups -OCH3 is 2. The van der Waals surface area contributed by atoms with E-state index in [1.165, 1.54) is 38.5 Å². The fourth-order valence-corrected chi connectivity index (χ4v) is 1.42. The molecule has 0 aliphatic heterocycles. The van der Waals surface area contributed by atoms with E-state index in [1.54, 1.807) is 0 Å². The molecule has 8 heteroatoms. The molecule has 0 aliphatic carbocycles. The minimum absolute atomic E-state index is 0.0101. The van der Waals surface area contributed by atoms with Crippen LogP contribution >= 0.6 is 0 Å². The van der Waals surface area contributed by atoms with Gasteiger partial charge < -0.3 is 14.5 Å². The third-order valence-electron chi connectivity index (χ3n) is 2.34. The Morgan fingerprint density at radius 2 is 1.85 bits per heavy atom. The van der Waals surface area contributed by atoms with Crippen LogP contribution in [0.5, 0.6) is 11.8 Å². The standard InChI is InChI=1S/C12H12N4O4/c1-19-9-6-10(20-2)15-12(14-9)16-11(18)7-4-3-5-8(17)13-7/h3-6H,1-2H3,(H,13,17)(H,14,15,16,18). The first-order valence-electron chi connectivity index (χ1n) is 5.60. The van der Waals surface area contributed by atoms with Crippen LogP contribution in [0.15, 0.2) is 29.1 Å². The number of aromatic nitrogens is 3. The highest BCUT2D eigenvalue weighted by atomic mass is 16.5. The molecule has 2 heterocycles. The summed E-state index contributed by atoms with van der Waals surface area (Å²) in [5.74, 6) is -0.0451. The lowest BCUT2D eigenvalue weighted by Crippen LogP contribution is -2.19. The molecule has 0 radical (unpaired) electrons. The lowest BCUT2D eigenvalue weighted by Gasteiger charge is -2.07. The Labute approximate surface area is 113 Å². The third kappa shape index (κ3) is 3.10. The average molecular weight is 276 g/mol. The van der Waals surface area contributed by atoms with Crippen molar-refractivity contribution in [3.8, 4) is 11.8 Å². The van der Waals surface area contributed by atoms with E-state index in [-0.39, 0.29) is 29.0 Å². The zero-order valence-corrected chi connectivity index (χ0v) is 10.8. The highest BCUT2D eigenvalue weighted by molar-refractivity contribution is 6.01.